The van der Waals surface area contributed by atoms with E-state index in [-0.39, 0.29) is 11.4 Å². The lowest BCUT2D eigenvalue weighted by Gasteiger charge is -2.35. The molecule has 1 aliphatic heterocycles. The molecule has 0 spiro atoms. The zero-order chi connectivity index (χ0) is 20.1. The van der Waals surface area contributed by atoms with Gasteiger partial charge < -0.3 is 10.5 Å². The molecule has 0 saturated carbocycles. The fourth-order valence-corrected chi connectivity index (χ4v) is 5.58. The number of rotatable bonds is 3. The molecular weight excluding hydrogens is 364 g/mol. The number of primary amides is 1. The molecule has 1 unspecified atom stereocenters. The standard InChI is InChI=1S/C20H24N2O4S/c1-11-12(2)14(4)19(15(5)13(11)3)27(24,25)22-10-18(20(21)23)26-17-9-7-6-8-16(17)22/h6-9,18H,10H2,1-5H3,(H2,21,23). The first-order chi connectivity index (χ1) is 12.6. The minimum Gasteiger partial charge on any atom is -0.476 e. The van der Waals surface area contributed by atoms with Crippen LogP contribution in [0.15, 0.2) is 29.2 Å². The summed E-state index contributed by atoms with van der Waals surface area (Å²) in [5.41, 5.74) is 10.2. The lowest BCUT2D eigenvalue weighted by atomic mass is 9.95. The van der Waals surface area contributed by atoms with Crippen molar-refractivity contribution in [3.63, 3.8) is 0 Å². The van der Waals surface area contributed by atoms with Crippen LogP contribution in [0, 0.1) is 34.6 Å². The lowest BCUT2D eigenvalue weighted by molar-refractivity contribution is -0.124. The van der Waals surface area contributed by atoms with Gasteiger partial charge in [0.2, 0.25) is 0 Å². The monoisotopic (exact) mass is 388 g/mol. The quantitative estimate of drug-likeness (QED) is 0.875. The minimum absolute atomic E-state index is 0.153. The Morgan fingerprint density at radius 1 is 1.00 bits per heavy atom. The number of hydrogen-bond donors (Lipinski definition) is 1. The highest BCUT2D eigenvalue weighted by atomic mass is 32.2. The van der Waals surface area contributed by atoms with Gasteiger partial charge >= 0.3 is 0 Å². The molecule has 7 heteroatoms. The SMILES string of the molecule is Cc1c(C)c(C)c(S(=O)(=O)N2CC(C(N)=O)Oc3ccccc32)c(C)c1C. The Labute approximate surface area is 160 Å². The van der Waals surface area contributed by atoms with E-state index in [2.05, 4.69) is 0 Å². The number of carbonyl (C=O) groups excluding carboxylic acids is 1. The van der Waals surface area contributed by atoms with Gasteiger partial charge in [0.1, 0.15) is 5.75 Å². The summed E-state index contributed by atoms with van der Waals surface area (Å²) in [5.74, 6) is -0.374. The molecule has 2 aromatic rings. The van der Waals surface area contributed by atoms with Crippen LogP contribution in [0.3, 0.4) is 0 Å². The van der Waals surface area contributed by atoms with Crippen molar-refractivity contribution in [3.8, 4) is 5.75 Å². The van der Waals surface area contributed by atoms with Crippen molar-refractivity contribution in [2.24, 2.45) is 5.73 Å². The van der Waals surface area contributed by atoms with E-state index in [0.29, 0.717) is 11.4 Å². The summed E-state index contributed by atoms with van der Waals surface area (Å²) >= 11 is 0. The van der Waals surface area contributed by atoms with Crippen LogP contribution < -0.4 is 14.8 Å². The van der Waals surface area contributed by atoms with Crippen LogP contribution in [-0.2, 0) is 14.8 Å². The molecule has 2 aromatic carbocycles. The molecule has 0 bridgehead atoms. The maximum Gasteiger partial charge on any atom is 0.265 e. The van der Waals surface area contributed by atoms with Gasteiger partial charge in [-0.25, -0.2) is 8.42 Å². The van der Waals surface area contributed by atoms with Gasteiger partial charge in [0.05, 0.1) is 17.1 Å². The number of amides is 1. The summed E-state index contributed by atoms with van der Waals surface area (Å²) in [4.78, 5) is 12.0. The van der Waals surface area contributed by atoms with Crippen LogP contribution >= 0.6 is 0 Å². The molecule has 0 saturated heterocycles. The second kappa shape index (κ2) is 6.56. The Kier molecular flexibility index (Phi) is 4.67. The predicted molar refractivity (Wildman–Crippen MR) is 105 cm³/mol. The maximum absolute atomic E-state index is 13.7. The zero-order valence-corrected chi connectivity index (χ0v) is 17.0. The third-order valence-corrected chi connectivity index (χ3v) is 7.59. The lowest BCUT2D eigenvalue weighted by Crippen LogP contribution is -2.49. The molecule has 0 aromatic heterocycles. The summed E-state index contributed by atoms with van der Waals surface area (Å²) < 4.78 is 34.2. The number of carbonyl (C=O) groups is 1. The number of nitrogens with two attached hydrogens (primary N) is 1. The van der Waals surface area contributed by atoms with Gasteiger partial charge in [0.25, 0.3) is 15.9 Å². The Morgan fingerprint density at radius 3 is 2.07 bits per heavy atom. The maximum atomic E-state index is 13.7. The average Bonchev–Trinajstić information content (AvgIpc) is 2.63. The van der Waals surface area contributed by atoms with Gasteiger partial charge in [0.15, 0.2) is 6.10 Å². The van der Waals surface area contributed by atoms with Crippen molar-refractivity contribution in [1.82, 2.24) is 0 Å². The first-order valence-corrected chi connectivity index (χ1v) is 10.2. The molecule has 1 amide bonds. The van der Waals surface area contributed by atoms with E-state index in [1.807, 2.05) is 34.6 Å². The number of benzene rings is 2. The topological polar surface area (TPSA) is 89.7 Å². The number of ether oxygens (including phenoxy) is 1. The third-order valence-electron chi connectivity index (χ3n) is 5.53. The van der Waals surface area contributed by atoms with Gasteiger partial charge in [-0.05, 0) is 74.6 Å². The highest BCUT2D eigenvalue weighted by Gasteiger charge is 2.38. The van der Waals surface area contributed by atoms with Crippen molar-refractivity contribution in [1.29, 1.82) is 0 Å². The zero-order valence-electron chi connectivity index (χ0n) is 16.2. The summed E-state index contributed by atoms with van der Waals surface area (Å²) in [6.07, 6.45) is -1.04. The van der Waals surface area contributed by atoms with Crippen LogP contribution in [-0.4, -0.2) is 27.0 Å². The summed E-state index contributed by atoms with van der Waals surface area (Å²) in [6.45, 7) is 9.33. The number of sulfonamides is 1. The van der Waals surface area contributed by atoms with E-state index in [0.717, 1.165) is 27.8 Å². The fraction of sp³-hybridized carbons (Fsp3) is 0.350. The minimum atomic E-state index is -3.92. The Hall–Kier alpha value is -2.54. The normalized spacial score (nSPS) is 16.6. The number of hydrogen-bond acceptors (Lipinski definition) is 4. The largest absolute Gasteiger partial charge is 0.476 e. The summed E-state index contributed by atoms with van der Waals surface area (Å²) in [7, 11) is -3.92. The molecule has 2 N–H and O–H groups in total. The molecule has 144 valence electrons. The smallest absolute Gasteiger partial charge is 0.265 e. The molecule has 6 nitrogen and oxygen atoms in total. The van der Waals surface area contributed by atoms with E-state index >= 15 is 0 Å². The van der Waals surface area contributed by atoms with Crippen LogP contribution in [0.4, 0.5) is 5.69 Å². The highest BCUT2D eigenvalue weighted by molar-refractivity contribution is 7.93. The molecular formula is C20H24N2O4S. The van der Waals surface area contributed by atoms with Gasteiger partial charge in [-0.2, -0.15) is 0 Å². The molecule has 1 heterocycles. The van der Waals surface area contributed by atoms with Gasteiger partial charge in [0, 0.05) is 0 Å². The molecule has 1 atom stereocenters. The van der Waals surface area contributed by atoms with E-state index in [1.54, 1.807) is 24.3 Å². The van der Waals surface area contributed by atoms with E-state index < -0.39 is 22.0 Å². The Balaban J connectivity index is 2.26. The second-order valence-electron chi connectivity index (χ2n) is 6.97. The second-order valence-corrected chi connectivity index (χ2v) is 8.77. The van der Waals surface area contributed by atoms with Crippen molar-refractivity contribution in [2.75, 3.05) is 10.8 Å². The predicted octanol–water partition coefficient (Wildman–Crippen LogP) is 2.67. The first-order valence-electron chi connectivity index (χ1n) is 8.72. The number of fused-ring (bicyclic) bond motifs is 1. The molecule has 27 heavy (non-hydrogen) atoms. The van der Waals surface area contributed by atoms with Crippen molar-refractivity contribution in [3.05, 3.63) is 52.1 Å². The van der Waals surface area contributed by atoms with E-state index in [9.17, 15) is 13.2 Å². The summed E-state index contributed by atoms with van der Waals surface area (Å²) in [6, 6.07) is 6.77. The van der Waals surface area contributed by atoms with E-state index in [1.165, 1.54) is 4.31 Å². The molecule has 3 rings (SSSR count). The van der Waals surface area contributed by atoms with Crippen molar-refractivity contribution >= 4 is 21.6 Å². The molecule has 1 aliphatic rings. The fourth-order valence-electron chi connectivity index (χ4n) is 3.54. The molecule has 0 radical (unpaired) electrons. The molecule has 0 aliphatic carbocycles. The van der Waals surface area contributed by atoms with Crippen molar-refractivity contribution in [2.45, 2.75) is 45.6 Å². The van der Waals surface area contributed by atoms with Gasteiger partial charge in [-0.3, -0.25) is 9.10 Å². The number of para-hydroxylation sites is 2. The van der Waals surface area contributed by atoms with Gasteiger partial charge in [-0.15, -0.1) is 0 Å². The average molecular weight is 388 g/mol. The third kappa shape index (κ3) is 2.96. The highest BCUT2D eigenvalue weighted by Crippen LogP contribution is 2.39. The van der Waals surface area contributed by atoms with Crippen LogP contribution in [0.2, 0.25) is 0 Å². The van der Waals surface area contributed by atoms with Crippen molar-refractivity contribution < 1.29 is 17.9 Å². The number of anilines is 1. The Morgan fingerprint density at radius 2 is 1.52 bits per heavy atom. The summed E-state index contributed by atoms with van der Waals surface area (Å²) in [5, 5.41) is 0. The van der Waals surface area contributed by atoms with Crippen LogP contribution in [0.25, 0.3) is 0 Å². The first kappa shape index (κ1) is 19.2. The number of nitrogens with zero attached hydrogens (tertiary/aromatic N) is 1. The molecule has 0 fully saturated rings. The van der Waals surface area contributed by atoms with Gasteiger partial charge in [-0.1, -0.05) is 12.1 Å². The van der Waals surface area contributed by atoms with Crippen LogP contribution in [0.1, 0.15) is 27.8 Å². The van der Waals surface area contributed by atoms with Crippen LogP contribution in [0.5, 0.6) is 5.75 Å². The van der Waals surface area contributed by atoms with E-state index in [4.69, 9.17) is 10.5 Å². The Bertz CT molecular complexity index is 1020.